The van der Waals surface area contributed by atoms with E-state index < -0.39 is 0 Å². The summed E-state index contributed by atoms with van der Waals surface area (Å²) >= 11 is 11.9. The molecule has 0 heterocycles. The van der Waals surface area contributed by atoms with Crippen molar-refractivity contribution < 1.29 is 9.59 Å². The lowest BCUT2D eigenvalue weighted by Gasteiger charge is -2.21. The van der Waals surface area contributed by atoms with Crippen LogP contribution in [0.5, 0.6) is 0 Å². The summed E-state index contributed by atoms with van der Waals surface area (Å²) in [5, 5.41) is 3.60. The topological polar surface area (TPSA) is 49.4 Å². The normalized spacial score (nSPS) is 10.2. The maximum Gasteiger partial charge on any atom is 0.226 e. The maximum absolute atomic E-state index is 12.1. The van der Waals surface area contributed by atoms with Crippen LogP contribution in [0.25, 0.3) is 0 Å². The number of nitrogens with one attached hydrogen (secondary N) is 1. The van der Waals surface area contributed by atoms with Crippen LogP contribution in [0.2, 0.25) is 10.0 Å². The van der Waals surface area contributed by atoms with E-state index in [0.29, 0.717) is 15.7 Å². The number of nitrogens with zero attached hydrogens (tertiary/aromatic N) is 1. The Labute approximate surface area is 145 Å². The molecule has 120 valence electrons. The Bertz CT molecular complexity index is 705. The van der Waals surface area contributed by atoms with Crippen LogP contribution in [0.15, 0.2) is 48.5 Å². The Kier molecular flexibility index (Phi) is 6.02. The van der Waals surface area contributed by atoms with Gasteiger partial charge in [0.2, 0.25) is 11.8 Å². The van der Waals surface area contributed by atoms with E-state index in [2.05, 4.69) is 5.32 Å². The van der Waals surface area contributed by atoms with Gasteiger partial charge in [-0.25, -0.2) is 0 Å². The number of halogens is 2. The molecule has 2 amide bonds. The van der Waals surface area contributed by atoms with Crippen molar-refractivity contribution in [1.29, 1.82) is 0 Å². The molecule has 2 aromatic rings. The third-order valence-electron chi connectivity index (χ3n) is 3.21. The van der Waals surface area contributed by atoms with Gasteiger partial charge in [-0.1, -0.05) is 41.4 Å². The van der Waals surface area contributed by atoms with E-state index in [4.69, 9.17) is 23.2 Å². The SMILES string of the molecule is CC(=O)N(CCC(=O)Nc1cc(Cl)ccc1Cl)c1ccccc1. The number of anilines is 2. The minimum Gasteiger partial charge on any atom is -0.325 e. The molecule has 6 heteroatoms. The molecule has 0 aliphatic rings. The Morgan fingerprint density at radius 3 is 2.43 bits per heavy atom. The van der Waals surface area contributed by atoms with Crippen molar-refractivity contribution in [2.45, 2.75) is 13.3 Å². The highest BCUT2D eigenvalue weighted by molar-refractivity contribution is 6.35. The van der Waals surface area contributed by atoms with Gasteiger partial charge >= 0.3 is 0 Å². The highest BCUT2D eigenvalue weighted by Crippen LogP contribution is 2.25. The number of amides is 2. The van der Waals surface area contributed by atoms with Crippen LogP contribution >= 0.6 is 23.2 Å². The van der Waals surface area contributed by atoms with Gasteiger partial charge in [-0.15, -0.1) is 0 Å². The number of hydrogen-bond acceptors (Lipinski definition) is 2. The molecule has 0 spiro atoms. The Morgan fingerprint density at radius 1 is 1.09 bits per heavy atom. The van der Waals surface area contributed by atoms with Gasteiger partial charge in [0.1, 0.15) is 0 Å². The summed E-state index contributed by atoms with van der Waals surface area (Å²) in [5.74, 6) is -0.360. The number of rotatable bonds is 5. The number of hydrogen-bond donors (Lipinski definition) is 1. The quantitative estimate of drug-likeness (QED) is 0.869. The molecule has 0 bridgehead atoms. The Morgan fingerprint density at radius 2 is 1.78 bits per heavy atom. The first-order chi connectivity index (χ1) is 11.0. The van der Waals surface area contributed by atoms with Crippen molar-refractivity contribution in [3.05, 3.63) is 58.6 Å². The molecule has 0 fully saturated rings. The molecule has 0 saturated carbocycles. The highest BCUT2D eigenvalue weighted by Gasteiger charge is 2.14. The fraction of sp³-hybridized carbons (Fsp3) is 0.176. The average molecular weight is 351 g/mol. The third kappa shape index (κ3) is 4.98. The van der Waals surface area contributed by atoms with E-state index in [1.54, 1.807) is 23.1 Å². The summed E-state index contributed by atoms with van der Waals surface area (Å²) in [6, 6.07) is 14.1. The van der Waals surface area contributed by atoms with Gasteiger partial charge in [-0.2, -0.15) is 0 Å². The molecule has 0 atom stereocenters. The summed E-state index contributed by atoms with van der Waals surface area (Å²) in [5.41, 5.74) is 1.21. The van der Waals surface area contributed by atoms with Crippen molar-refractivity contribution in [2.24, 2.45) is 0 Å². The number of carbonyl (C=O) groups excluding carboxylic acids is 2. The van der Waals surface area contributed by atoms with Gasteiger partial charge in [0.05, 0.1) is 10.7 Å². The van der Waals surface area contributed by atoms with Gasteiger partial charge in [0.15, 0.2) is 0 Å². The fourth-order valence-electron chi connectivity index (χ4n) is 2.10. The lowest BCUT2D eigenvalue weighted by molar-refractivity contribution is -0.117. The van der Waals surface area contributed by atoms with E-state index >= 15 is 0 Å². The zero-order chi connectivity index (χ0) is 16.8. The zero-order valence-electron chi connectivity index (χ0n) is 12.6. The monoisotopic (exact) mass is 350 g/mol. The molecule has 0 aliphatic heterocycles. The minimum atomic E-state index is -0.239. The highest BCUT2D eigenvalue weighted by atomic mass is 35.5. The van der Waals surface area contributed by atoms with Crippen LogP contribution in [0.3, 0.4) is 0 Å². The molecular formula is C17H16Cl2N2O2. The van der Waals surface area contributed by atoms with Crippen molar-refractivity contribution >= 4 is 46.4 Å². The Hall–Kier alpha value is -2.04. The largest absolute Gasteiger partial charge is 0.325 e. The van der Waals surface area contributed by atoms with Crippen LogP contribution in [0.4, 0.5) is 11.4 Å². The number of para-hydroxylation sites is 1. The van der Waals surface area contributed by atoms with E-state index in [1.807, 2.05) is 30.3 Å². The summed E-state index contributed by atoms with van der Waals surface area (Å²) in [4.78, 5) is 25.4. The average Bonchev–Trinajstić information content (AvgIpc) is 2.52. The molecule has 1 N–H and O–H groups in total. The summed E-state index contributed by atoms with van der Waals surface area (Å²) in [6.45, 7) is 1.75. The van der Waals surface area contributed by atoms with Crippen molar-refractivity contribution in [2.75, 3.05) is 16.8 Å². The predicted molar refractivity (Wildman–Crippen MR) is 94.2 cm³/mol. The first kappa shape index (κ1) is 17.3. The fourth-order valence-corrected chi connectivity index (χ4v) is 2.43. The lowest BCUT2D eigenvalue weighted by Crippen LogP contribution is -2.31. The first-order valence-electron chi connectivity index (χ1n) is 7.05. The summed E-state index contributed by atoms with van der Waals surface area (Å²) in [6.07, 6.45) is 0.150. The molecule has 2 aromatic carbocycles. The van der Waals surface area contributed by atoms with Crippen molar-refractivity contribution in [3.63, 3.8) is 0 Å². The van der Waals surface area contributed by atoms with Crippen molar-refractivity contribution in [3.8, 4) is 0 Å². The molecular weight excluding hydrogens is 335 g/mol. The van der Waals surface area contributed by atoms with Crippen molar-refractivity contribution in [1.82, 2.24) is 0 Å². The van der Waals surface area contributed by atoms with Crippen LogP contribution in [-0.2, 0) is 9.59 Å². The second kappa shape index (κ2) is 7.99. The molecule has 0 aliphatic carbocycles. The van der Waals surface area contributed by atoms with Gasteiger partial charge in [-0.05, 0) is 30.3 Å². The number of benzene rings is 2. The molecule has 2 rings (SSSR count). The molecule has 0 radical (unpaired) electrons. The van der Waals surface area contributed by atoms with Gasteiger partial charge in [0.25, 0.3) is 0 Å². The van der Waals surface area contributed by atoms with Crippen LogP contribution in [0, 0.1) is 0 Å². The van der Waals surface area contributed by atoms with E-state index in [-0.39, 0.29) is 24.8 Å². The molecule has 0 aromatic heterocycles. The van der Waals surface area contributed by atoms with E-state index in [9.17, 15) is 9.59 Å². The van der Waals surface area contributed by atoms with Crippen LogP contribution < -0.4 is 10.2 Å². The smallest absolute Gasteiger partial charge is 0.226 e. The van der Waals surface area contributed by atoms with Gasteiger partial charge in [0, 0.05) is 30.6 Å². The lowest BCUT2D eigenvalue weighted by atomic mass is 10.2. The maximum atomic E-state index is 12.1. The van der Waals surface area contributed by atoms with Gasteiger partial charge < -0.3 is 10.2 Å². The molecule has 0 saturated heterocycles. The minimum absolute atomic E-state index is 0.121. The summed E-state index contributed by atoms with van der Waals surface area (Å²) < 4.78 is 0. The standard InChI is InChI=1S/C17H16Cl2N2O2/c1-12(22)21(14-5-3-2-4-6-14)10-9-17(23)20-16-11-13(18)7-8-15(16)19/h2-8,11H,9-10H2,1H3,(H,20,23). The summed E-state index contributed by atoms with van der Waals surface area (Å²) in [7, 11) is 0. The zero-order valence-corrected chi connectivity index (χ0v) is 14.1. The molecule has 4 nitrogen and oxygen atoms in total. The number of carbonyl (C=O) groups is 2. The van der Waals surface area contributed by atoms with Crippen LogP contribution in [0.1, 0.15) is 13.3 Å². The Balaban J connectivity index is 1.99. The molecule has 23 heavy (non-hydrogen) atoms. The third-order valence-corrected chi connectivity index (χ3v) is 3.78. The second-order valence-electron chi connectivity index (χ2n) is 4.93. The van der Waals surface area contributed by atoms with Gasteiger partial charge in [-0.3, -0.25) is 9.59 Å². The van der Waals surface area contributed by atoms with E-state index in [1.165, 1.54) is 6.92 Å². The molecule has 0 unspecified atom stereocenters. The van der Waals surface area contributed by atoms with Crippen LogP contribution in [-0.4, -0.2) is 18.4 Å². The van der Waals surface area contributed by atoms with E-state index in [0.717, 1.165) is 5.69 Å². The predicted octanol–water partition coefficient (Wildman–Crippen LogP) is 4.38. The first-order valence-corrected chi connectivity index (χ1v) is 7.81. The second-order valence-corrected chi connectivity index (χ2v) is 5.77.